The highest BCUT2D eigenvalue weighted by Gasteiger charge is 2.35. The molecule has 0 aromatic heterocycles. The zero-order chi connectivity index (χ0) is 34.0. The zero-order valence-corrected chi connectivity index (χ0v) is 29.6. The van der Waals surface area contributed by atoms with Crippen molar-refractivity contribution in [2.75, 3.05) is 24.0 Å². The van der Waals surface area contributed by atoms with Crippen molar-refractivity contribution in [1.29, 1.82) is 0 Å². The maximum atomic E-state index is 14.7. The Hall–Kier alpha value is -4.15. The highest BCUT2D eigenvalue weighted by atomic mass is 79.9. The average molecular weight is 721 g/mol. The Morgan fingerprint density at radius 2 is 1.49 bits per heavy atom. The number of halogens is 1. The van der Waals surface area contributed by atoms with Crippen molar-refractivity contribution in [2.24, 2.45) is 5.92 Å². The van der Waals surface area contributed by atoms with Crippen molar-refractivity contribution in [2.45, 2.75) is 51.6 Å². The van der Waals surface area contributed by atoms with E-state index in [2.05, 4.69) is 21.2 Å². The molecular formula is C37H42BrN3O5S. The second kappa shape index (κ2) is 16.6. The van der Waals surface area contributed by atoms with Crippen molar-refractivity contribution in [3.63, 3.8) is 0 Å². The van der Waals surface area contributed by atoms with E-state index in [9.17, 15) is 18.0 Å². The average Bonchev–Trinajstić information content (AvgIpc) is 3.06. The van der Waals surface area contributed by atoms with E-state index in [1.54, 1.807) is 36.4 Å². The zero-order valence-electron chi connectivity index (χ0n) is 27.2. The second-order valence-electron chi connectivity index (χ2n) is 11.7. The Kier molecular flexibility index (Phi) is 12.6. The molecular weight excluding hydrogens is 678 g/mol. The van der Waals surface area contributed by atoms with Gasteiger partial charge in [0.1, 0.15) is 18.3 Å². The number of aryl methyl sites for hydroxylation is 1. The maximum absolute atomic E-state index is 14.7. The summed E-state index contributed by atoms with van der Waals surface area (Å²) in [5, 5.41) is 3.01. The van der Waals surface area contributed by atoms with Crippen LogP contribution >= 0.6 is 15.9 Å². The Morgan fingerprint density at radius 1 is 0.851 bits per heavy atom. The number of nitrogens with zero attached hydrogens (tertiary/aromatic N) is 2. The predicted molar refractivity (Wildman–Crippen MR) is 190 cm³/mol. The number of hydrogen-bond donors (Lipinski definition) is 1. The third kappa shape index (κ3) is 9.68. The molecule has 0 radical (unpaired) electrons. The Bertz CT molecular complexity index is 1730. The predicted octanol–water partition coefficient (Wildman–Crippen LogP) is 6.76. The molecule has 0 aliphatic heterocycles. The topological polar surface area (TPSA) is 96.0 Å². The smallest absolute Gasteiger partial charge is 0.264 e. The molecule has 4 aromatic rings. The first-order valence-corrected chi connectivity index (χ1v) is 17.9. The van der Waals surface area contributed by atoms with Gasteiger partial charge in [0.2, 0.25) is 11.8 Å². The van der Waals surface area contributed by atoms with Crippen LogP contribution in [0.25, 0.3) is 0 Å². The Balaban J connectivity index is 1.83. The third-order valence-electron chi connectivity index (χ3n) is 7.54. The lowest BCUT2D eigenvalue weighted by Gasteiger charge is -2.34. The highest BCUT2D eigenvalue weighted by Crippen LogP contribution is 2.33. The van der Waals surface area contributed by atoms with Crippen LogP contribution in [0.1, 0.15) is 37.5 Å². The van der Waals surface area contributed by atoms with E-state index in [0.29, 0.717) is 18.9 Å². The van der Waals surface area contributed by atoms with E-state index < -0.39 is 28.5 Å². The summed E-state index contributed by atoms with van der Waals surface area (Å²) in [4.78, 5) is 30.1. The summed E-state index contributed by atoms with van der Waals surface area (Å²) in [5.41, 5.74) is 2.80. The van der Waals surface area contributed by atoms with Crippen molar-refractivity contribution in [3.05, 3.63) is 124 Å². The van der Waals surface area contributed by atoms with Gasteiger partial charge in [0, 0.05) is 24.0 Å². The lowest BCUT2D eigenvalue weighted by Crippen LogP contribution is -2.53. The van der Waals surface area contributed by atoms with E-state index >= 15 is 0 Å². The van der Waals surface area contributed by atoms with Gasteiger partial charge in [-0.15, -0.1) is 0 Å². The molecule has 2 amide bonds. The molecule has 1 N–H and O–H groups in total. The normalized spacial score (nSPS) is 12.0. The first-order chi connectivity index (χ1) is 22.5. The molecule has 248 valence electrons. The molecule has 10 heteroatoms. The van der Waals surface area contributed by atoms with Crippen LogP contribution in [0.2, 0.25) is 0 Å². The number of nitrogens with one attached hydrogen (secondary N) is 1. The summed E-state index contributed by atoms with van der Waals surface area (Å²) >= 11 is 3.47. The van der Waals surface area contributed by atoms with E-state index in [-0.39, 0.29) is 35.4 Å². The van der Waals surface area contributed by atoms with Gasteiger partial charge in [-0.25, -0.2) is 8.42 Å². The van der Waals surface area contributed by atoms with Gasteiger partial charge in [-0.05, 0) is 67.3 Å². The van der Waals surface area contributed by atoms with Gasteiger partial charge in [0.25, 0.3) is 10.0 Å². The summed E-state index contributed by atoms with van der Waals surface area (Å²) in [6.45, 7) is 7.95. The van der Waals surface area contributed by atoms with Crippen LogP contribution < -0.4 is 14.4 Å². The van der Waals surface area contributed by atoms with Crippen LogP contribution in [0.15, 0.2) is 112 Å². The second-order valence-corrected chi connectivity index (χ2v) is 14.5. The van der Waals surface area contributed by atoms with E-state index in [0.717, 1.165) is 25.5 Å². The number of carbonyl (C=O) groups excluding carboxylic acids is 2. The van der Waals surface area contributed by atoms with Gasteiger partial charge in [-0.3, -0.25) is 13.9 Å². The molecule has 1 unspecified atom stereocenters. The monoisotopic (exact) mass is 719 g/mol. The van der Waals surface area contributed by atoms with Crippen molar-refractivity contribution >= 4 is 43.5 Å². The van der Waals surface area contributed by atoms with Crippen molar-refractivity contribution in [1.82, 2.24) is 10.2 Å². The van der Waals surface area contributed by atoms with Crippen molar-refractivity contribution < 1.29 is 22.7 Å². The minimum atomic E-state index is -4.25. The lowest BCUT2D eigenvalue weighted by molar-refractivity contribution is -0.140. The van der Waals surface area contributed by atoms with Gasteiger partial charge >= 0.3 is 0 Å². The number of rotatable bonds is 15. The summed E-state index contributed by atoms with van der Waals surface area (Å²) in [5.74, 6) is -0.322. The molecule has 0 bridgehead atoms. The number of amides is 2. The number of ether oxygens (including phenoxy) is 1. The van der Waals surface area contributed by atoms with Crippen LogP contribution in [0.4, 0.5) is 5.69 Å². The van der Waals surface area contributed by atoms with Crippen LogP contribution in [0, 0.1) is 12.8 Å². The standard InChI is InChI=1S/C37H42BrN3O5S/c1-5-46-35-14-10-9-13-33(35)41(47(44,45)32-21-15-28(4)16-22-32)26-36(42)40(25-30-17-19-31(38)20-18-30)34(37(43)39-24-27(2)3)23-29-11-7-6-8-12-29/h6-22,27,34H,5,23-26H2,1-4H3,(H,39,43). The van der Waals surface area contributed by atoms with Crippen LogP contribution in [0.5, 0.6) is 5.75 Å². The first-order valence-electron chi connectivity index (χ1n) is 15.7. The largest absolute Gasteiger partial charge is 0.492 e. The van der Waals surface area contributed by atoms with Gasteiger partial charge in [-0.2, -0.15) is 0 Å². The number of hydrogen-bond acceptors (Lipinski definition) is 5. The first kappa shape index (κ1) is 35.7. The molecule has 4 aromatic carbocycles. The summed E-state index contributed by atoms with van der Waals surface area (Å²) in [6.07, 6.45) is 0.243. The SMILES string of the molecule is CCOc1ccccc1N(CC(=O)N(Cc1ccc(Br)cc1)C(Cc1ccccc1)C(=O)NCC(C)C)S(=O)(=O)c1ccc(C)cc1. The number of anilines is 1. The molecule has 8 nitrogen and oxygen atoms in total. The summed E-state index contributed by atoms with van der Waals surface area (Å²) in [7, 11) is -4.25. The minimum Gasteiger partial charge on any atom is -0.492 e. The number of para-hydroxylation sites is 2. The Morgan fingerprint density at radius 3 is 2.13 bits per heavy atom. The fraction of sp³-hybridized carbons (Fsp3) is 0.297. The van der Waals surface area contributed by atoms with E-state index in [1.165, 1.54) is 17.0 Å². The Labute approximate surface area is 286 Å². The molecule has 0 saturated carbocycles. The van der Waals surface area contributed by atoms with E-state index in [1.807, 2.05) is 82.3 Å². The van der Waals surface area contributed by atoms with Crippen LogP contribution in [0.3, 0.4) is 0 Å². The van der Waals surface area contributed by atoms with Crippen LogP contribution in [-0.2, 0) is 32.6 Å². The summed E-state index contributed by atoms with van der Waals surface area (Å²) < 4.78 is 36.5. The molecule has 1 atom stereocenters. The van der Waals surface area contributed by atoms with E-state index in [4.69, 9.17) is 4.74 Å². The maximum Gasteiger partial charge on any atom is 0.264 e. The highest BCUT2D eigenvalue weighted by molar-refractivity contribution is 9.10. The quantitative estimate of drug-likeness (QED) is 0.147. The van der Waals surface area contributed by atoms with Crippen LogP contribution in [-0.4, -0.2) is 50.9 Å². The van der Waals surface area contributed by atoms with Crippen molar-refractivity contribution in [3.8, 4) is 5.75 Å². The van der Waals surface area contributed by atoms with Gasteiger partial charge in [-0.1, -0.05) is 102 Å². The molecule has 47 heavy (non-hydrogen) atoms. The molecule has 4 rings (SSSR count). The number of sulfonamides is 1. The van der Waals surface area contributed by atoms with Gasteiger partial charge < -0.3 is 15.0 Å². The molecule has 0 aliphatic rings. The minimum absolute atomic E-state index is 0.0390. The fourth-order valence-corrected chi connectivity index (χ4v) is 6.74. The fourth-order valence-electron chi connectivity index (χ4n) is 5.05. The molecule has 0 aliphatic carbocycles. The lowest BCUT2D eigenvalue weighted by atomic mass is 10.0. The molecule has 0 heterocycles. The number of benzene rings is 4. The molecule has 0 fully saturated rings. The van der Waals surface area contributed by atoms with Gasteiger partial charge in [0.15, 0.2) is 0 Å². The van der Waals surface area contributed by atoms with Gasteiger partial charge in [0.05, 0.1) is 17.2 Å². The molecule has 0 spiro atoms. The number of carbonyl (C=O) groups is 2. The third-order valence-corrected chi connectivity index (χ3v) is 9.85. The molecule has 0 saturated heterocycles. The summed E-state index contributed by atoms with van der Waals surface area (Å²) in [6, 6.07) is 29.3.